The summed E-state index contributed by atoms with van der Waals surface area (Å²) in [5.41, 5.74) is 0.778. The Morgan fingerprint density at radius 3 is 2.48 bits per heavy atom. The smallest absolute Gasteiger partial charge is 0.136 e. The molecule has 0 atom stereocenters. The standard InChI is InChI=1S/C19H12ClN/c20-19-18-9-7-15-12-14(13-4-2-1-3-5-13)6-8-16(15)17(18)10-11-21-19/h1-12H/i1D,2D,3D,4D,5D. The van der Waals surface area contributed by atoms with E-state index >= 15 is 0 Å². The van der Waals surface area contributed by atoms with Crippen molar-refractivity contribution in [1.29, 1.82) is 0 Å². The fraction of sp³-hybridized carbons (Fsp3) is 0. The highest BCUT2D eigenvalue weighted by molar-refractivity contribution is 6.35. The van der Waals surface area contributed by atoms with Gasteiger partial charge in [0.15, 0.2) is 0 Å². The van der Waals surface area contributed by atoms with Crippen molar-refractivity contribution < 1.29 is 6.85 Å². The lowest BCUT2D eigenvalue weighted by atomic mass is 9.98. The lowest BCUT2D eigenvalue weighted by molar-refractivity contribution is 1.37. The monoisotopic (exact) mass is 294 g/mol. The molecule has 0 unspecified atom stereocenters. The topological polar surface area (TPSA) is 12.9 Å². The maximum absolute atomic E-state index is 8.14. The number of aromatic nitrogens is 1. The first-order valence-corrected chi connectivity index (χ1v) is 6.82. The van der Waals surface area contributed by atoms with Gasteiger partial charge in [-0.1, -0.05) is 66.1 Å². The van der Waals surface area contributed by atoms with E-state index < -0.39 is 6.04 Å². The predicted molar refractivity (Wildman–Crippen MR) is 89.7 cm³/mol. The van der Waals surface area contributed by atoms with Crippen LogP contribution in [-0.4, -0.2) is 4.98 Å². The summed E-state index contributed by atoms with van der Waals surface area (Å²) in [5.74, 6) is 0. The Labute approximate surface area is 134 Å². The summed E-state index contributed by atoms with van der Waals surface area (Å²) in [5, 5.41) is 4.08. The van der Waals surface area contributed by atoms with E-state index in [-0.39, 0.29) is 29.7 Å². The van der Waals surface area contributed by atoms with Crippen LogP contribution in [0, 0.1) is 0 Å². The number of benzene rings is 3. The molecule has 1 nitrogen and oxygen atoms in total. The van der Waals surface area contributed by atoms with Crippen LogP contribution < -0.4 is 0 Å². The van der Waals surface area contributed by atoms with E-state index in [0.717, 1.165) is 21.5 Å². The lowest BCUT2D eigenvalue weighted by Crippen LogP contribution is -1.83. The SMILES string of the molecule is [2H]c1c([2H])c([2H])c(-c2ccc3c(ccc4c(Cl)nccc43)c2)c([2H])c1[2H]. The molecule has 0 radical (unpaired) electrons. The van der Waals surface area contributed by atoms with Crippen LogP contribution in [0.5, 0.6) is 0 Å². The average molecular weight is 295 g/mol. The zero-order valence-corrected chi connectivity index (χ0v) is 11.6. The minimum Gasteiger partial charge on any atom is -0.244 e. The van der Waals surface area contributed by atoms with E-state index in [1.165, 1.54) is 0 Å². The zero-order valence-electron chi connectivity index (χ0n) is 15.9. The van der Waals surface area contributed by atoms with Gasteiger partial charge in [-0.25, -0.2) is 4.98 Å². The van der Waals surface area contributed by atoms with Gasteiger partial charge < -0.3 is 0 Å². The minimum atomic E-state index is -0.391. The fourth-order valence-electron chi connectivity index (χ4n) is 2.51. The molecule has 3 aromatic carbocycles. The van der Waals surface area contributed by atoms with E-state index in [4.69, 9.17) is 18.5 Å². The zero-order chi connectivity index (χ0) is 18.6. The Morgan fingerprint density at radius 2 is 1.62 bits per heavy atom. The summed E-state index contributed by atoms with van der Waals surface area (Å²) in [6.07, 6.45) is 1.65. The van der Waals surface area contributed by atoms with Gasteiger partial charge in [0.05, 0.1) is 6.85 Å². The Kier molecular flexibility index (Phi) is 1.89. The highest BCUT2D eigenvalue weighted by atomic mass is 35.5. The van der Waals surface area contributed by atoms with Crippen molar-refractivity contribution in [3.63, 3.8) is 0 Å². The van der Waals surface area contributed by atoms with Gasteiger partial charge in [-0.05, 0) is 39.4 Å². The first-order valence-electron chi connectivity index (χ1n) is 8.94. The molecule has 0 N–H and O–H groups in total. The molecule has 4 rings (SSSR count). The van der Waals surface area contributed by atoms with Crippen LogP contribution in [0.1, 0.15) is 6.85 Å². The van der Waals surface area contributed by atoms with Gasteiger partial charge in [-0.2, -0.15) is 0 Å². The number of hydrogen-bond donors (Lipinski definition) is 0. The third-order valence-corrected chi connectivity index (χ3v) is 3.80. The molecule has 0 spiro atoms. The van der Waals surface area contributed by atoms with Gasteiger partial charge in [0.2, 0.25) is 0 Å². The summed E-state index contributed by atoms with van der Waals surface area (Å²) in [4.78, 5) is 4.09. The van der Waals surface area contributed by atoms with Crippen LogP contribution >= 0.6 is 11.6 Å². The molecule has 0 saturated heterocycles. The summed E-state index contributed by atoms with van der Waals surface area (Å²) in [7, 11) is 0. The molecule has 0 saturated carbocycles. The molecule has 0 aliphatic carbocycles. The van der Waals surface area contributed by atoms with E-state index in [0.29, 0.717) is 10.7 Å². The molecule has 1 aromatic heterocycles. The second-order valence-corrected chi connectivity index (χ2v) is 5.06. The summed E-state index contributed by atoms with van der Waals surface area (Å²) in [6, 6.07) is 9.65. The number of rotatable bonds is 1. The Balaban J connectivity index is 2.02. The van der Waals surface area contributed by atoms with Crippen molar-refractivity contribution in [2.75, 3.05) is 0 Å². The van der Waals surface area contributed by atoms with Crippen LogP contribution in [0.3, 0.4) is 0 Å². The second-order valence-electron chi connectivity index (χ2n) is 4.70. The molecular formula is C19H12ClN. The maximum atomic E-state index is 8.14. The largest absolute Gasteiger partial charge is 0.244 e. The summed E-state index contributed by atoms with van der Waals surface area (Å²) < 4.78 is 39.7. The second kappa shape index (κ2) is 4.87. The number of fused-ring (bicyclic) bond motifs is 3. The number of pyridine rings is 1. The Hall–Kier alpha value is -2.38. The van der Waals surface area contributed by atoms with Crippen molar-refractivity contribution in [3.8, 4) is 11.1 Å². The first kappa shape index (κ1) is 8.16. The Bertz CT molecular complexity index is 1180. The predicted octanol–water partition coefficient (Wildman–Crippen LogP) is 5.71. The van der Waals surface area contributed by atoms with Gasteiger partial charge in [0.25, 0.3) is 0 Å². The molecule has 100 valence electrons. The van der Waals surface area contributed by atoms with Crippen molar-refractivity contribution >= 4 is 33.1 Å². The molecule has 4 aromatic rings. The molecule has 0 fully saturated rings. The molecule has 1 heterocycles. The van der Waals surface area contributed by atoms with Crippen LogP contribution in [0.15, 0.2) is 72.8 Å². The van der Waals surface area contributed by atoms with Gasteiger partial charge >= 0.3 is 0 Å². The number of nitrogens with zero attached hydrogens (tertiary/aromatic N) is 1. The normalized spacial score (nSPS) is 14.4. The van der Waals surface area contributed by atoms with E-state index in [9.17, 15) is 0 Å². The maximum Gasteiger partial charge on any atom is 0.136 e. The summed E-state index contributed by atoms with van der Waals surface area (Å²) >= 11 is 6.16. The highest BCUT2D eigenvalue weighted by Crippen LogP contribution is 2.31. The molecule has 0 amide bonds. The number of hydrogen-bond acceptors (Lipinski definition) is 1. The van der Waals surface area contributed by atoms with Crippen molar-refractivity contribution in [2.24, 2.45) is 0 Å². The van der Waals surface area contributed by atoms with Crippen molar-refractivity contribution in [2.45, 2.75) is 0 Å². The third kappa shape index (κ3) is 2.07. The van der Waals surface area contributed by atoms with Gasteiger partial charge in [-0.15, -0.1) is 0 Å². The fourth-order valence-corrected chi connectivity index (χ4v) is 2.73. The van der Waals surface area contributed by atoms with Crippen LogP contribution in [0.4, 0.5) is 0 Å². The van der Waals surface area contributed by atoms with E-state index in [1.807, 2.05) is 30.3 Å². The quantitative estimate of drug-likeness (QED) is 0.324. The van der Waals surface area contributed by atoms with Crippen LogP contribution in [-0.2, 0) is 0 Å². The molecule has 21 heavy (non-hydrogen) atoms. The minimum absolute atomic E-state index is 0.200. The molecule has 2 heteroatoms. The van der Waals surface area contributed by atoms with E-state index in [2.05, 4.69) is 4.98 Å². The molecule has 0 aliphatic rings. The van der Waals surface area contributed by atoms with Crippen LogP contribution in [0.2, 0.25) is 5.15 Å². The summed E-state index contributed by atoms with van der Waals surface area (Å²) in [6.45, 7) is 0. The van der Waals surface area contributed by atoms with Gasteiger partial charge in [0, 0.05) is 11.6 Å². The van der Waals surface area contributed by atoms with Gasteiger partial charge in [0.1, 0.15) is 5.15 Å². The highest BCUT2D eigenvalue weighted by Gasteiger charge is 2.05. The lowest BCUT2D eigenvalue weighted by Gasteiger charge is -2.07. The van der Waals surface area contributed by atoms with E-state index in [1.54, 1.807) is 12.3 Å². The first-order chi connectivity index (χ1) is 12.4. The molecular weight excluding hydrogens is 278 g/mol. The van der Waals surface area contributed by atoms with Crippen molar-refractivity contribution in [1.82, 2.24) is 4.98 Å². The van der Waals surface area contributed by atoms with Gasteiger partial charge in [-0.3, -0.25) is 0 Å². The van der Waals surface area contributed by atoms with Crippen LogP contribution in [0.25, 0.3) is 32.7 Å². The molecule has 0 aliphatic heterocycles. The molecule has 0 bridgehead atoms. The van der Waals surface area contributed by atoms with Crippen molar-refractivity contribution in [3.05, 3.63) is 78.0 Å². The number of halogens is 1. The average Bonchev–Trinajstić information content (AvgIpc) is 2.65. The third-order valence-electron chi connectivity index (χ3n) is 3.50. The Morgan fingerprint density at radius 1 is 0.810 bits per heavy atom.